The molecule has 98 valence electrons. The molecule has 1 atom stereocenters. The Bertz CT molecular complexity index is 503. The van der Waals surface area contributed by atoms with Gasteiger partial charge in [0.25, 0.3) is 0 Å². The van der Waals surface area contributed by atoms with Crippen molar-refractivity contribution in [3.63, 3.8) is 0 Å². The summed E-state index contributed by atoms with van der Waals surface area (Å²) in [6.07, 6.45) is 2.16. The van der Waals surface area contributed by atoms with Crippen LogP contribution in [0.1, 0.15) is 35.8 Å². The summed E-state index contributed by atoms with van der Waals surface area (Å²) >= 11 is 0. The Hall–Kier alpha value is -1.69. The van der Waals surface area contributed by atoms with Crippen molar-refractivity contribution in [3.8, 4) is 0 Å². The van der Waals surface area contributed by atoms with Crippen LogP contribution in [-0.4, -0.2) is 26.5 Å². The molecule has 2 aromatic rings. The zero-order valence-corrected chi connectivity index (χ0v) is 11.3. The van der Waals surface area contributed by atoms with E-state index in [0.29, 0.717) is 5.89 Å². The Balaban J connectivity index is 1.93. The Morgan fingerprint density at radius 3 is 2.78 bits per heavy atom. The van der Waals surface area contributed by atoms with Gasteiger partial charge in [0, 0.05) is 37.3 Å². The normalized spacial score (nSPS) is 12.9. The van der Waals surface area contributed by atoms with E-state index < -0.39 is 0 Å². The van der Waals surface area contributed by atoms with Crippen LogP contribution in [0.3, 0.4) is 0 Å². The van der Waals surface area contributed by atoms with Crippen LogP contribution in [-0.2, 0) is 13.5 Å². The minimum atomic E-state index is 0.265. The van der Waals surface area contributed by atoms with Crippen LogP contribution in [0.5, 0.6) is 0 Å². The highest BCUT2D eigenvalue weighted by Gasteiger charge is 2.15. The van der Waals surface area contributed by atoms with Crippen LogP contribution in [0.25, 0.3) is 0 Å². The second-order valence-electron chi connectivity index (χ2n) is 4.47. The number of aryl methyl sites for hydroxylation is 2. The first-order chi connectivity index (χ1) is 8.59. The molecule has 0 saturated carbocycles. The quantitative estimate of drug-likeness (QED) is 0.865. The summed E-state index contributed by atoms with van der Waals surface area (Å²) < 4.78 is 6.87. The summed E-state index contributed by atoms with van der Waals surface area (Å²) in [6.45, 7) is 7.08. The van der Waals surface area contributed by atoms with Crippen molar-refractivity contribution in [3.05, 3.63) is 29.2 Å². The van der Waals surface area contributed by atoms with Crippen molar-refractivity contribution in [1.29, 1.82) is 0 Å². The summed E-state index contributed by atoms with van der Waals surface area (Å²) in [5, 5.41) is 11.5. The average Bonchev–Trinajstić information content (AvgIpc) is 2.89. The molecule has 0 bridgehead atoms. The van der Waals surface area contributed by atoms with Gasteiger partial charge in [-0.3, -0.25) is 4.68 Å². The second-order valence-corrected chi connectivity index (χ2v) is 4.47. The van der Waals surface area contributed by atoms with Crippen molar-refractivity contribution < 1.29 is 4.52 Å². The topological polar surface area (TPSA) is 68.8 Å². The molecule has 6 heteroatoms. The maximum Gasteiger partial charge on any atom is 0.227 e. The molecule has 0 fully saturated rings. The fourth-order valence-electron chi connectivity index (χ4n) is 2.22. The highest BCUT2D eigenvalue weighted by Crippen LogP contribution is 2.20. The van der Waals surface area contributed by atoms with Gasteiger partial charge >= 0.3 is 0 Å². The van der Waals surface area contributed by atoms with E-state index in [1.807, 2.05) is 18.7 Å². The summed E-state index contributed by atoms with van der Waals surface area (Å²) in [5.41, 5.74) is 3.54. The van der Waals surface area contributed by atoms with Crippen LogP contribution >= 0.6 is 0 Å². The molecule has 0 aromatic carbocycles. The molecule has 0 radical (unpaired) electrons. The predicted octanol–water partition coefficient (Wildman–Crippen LogP) is 1.31. The van der Waals surface area contributed by atoms with Crippen LogP contribution in [0.4, 0.5) is 0 Å². The van der Waals surface area contributed by atoms with Gasteiger partial charge in [0.2, 0.25) is 5.89 Å². The third-order valence-corrected chi connectivity index (χ3v) is 3.19. The van der Waals surface area contributed by atoms with Crippen molar-refractivity contribution in [2.75, 3.05) is 6.54 Å². The standard InChI is InChI=1S/C12H19N5O/c1-8(12-9(2)16-17(4)10(12)3)13-6-5-11-14-7-15-18-11/h7-8,13H,5-6H2,1-4H3. The third-order valence-electron chi connectivity index (χ3n) is 3.19. The molecular formula is C12H19N5O. The fourth-order valence-corrected chi connectivity index (χ4v) is 2.22. The van der Waals surface area contributed by atoms with E-state index in [4.69, 9.17) is 4.52 Å². The fraction of sp³-hybridized carbons (Fsp3) is 0.583. The first-order valence-corrected chi connectivity index (χ1v) is 6.08. The van der Waals surface area contributed by atoms with Crippen LogP contribution in [0, 0.1) is 13.8 Å². The van der Waals surface area contributed by atoms with Gasteiger partial charge in [-0.25, -0.2) is 0 Å². The summed E-state index contributed by atoms with van der Waals surface area (Å²) in [6, 6.07) is 0.265. The van der Waals surface area contributed by atoms with E-state index in [2.05, 4.69) is 34.4 Å². The van der Waals surface area contributed by atoms with Gasteiger partial charge in [-0.15, -0.1) is 0 Å². The van der Waals surface area contributed by atoms with E-state index in [1.165, 1.54) is 17.6 Å². The lowest BCUT2D eigenvalue weighted by Crippen LogP contribution is -2.22. The Labute approximate surface area is 106 Å². The first-order valence-electron chi connectivity index (χ1n) is 6.08. The molecule has 2 aromatic heterocycles. The van der Waals surface area contributed by atoms with Crippen molar-refractivity contribution in [1.82, 2.24) is 25.2 Å². The van der Waals surface area contributed by atoms with Crippen LogP contribution in [0.15, 0.2) is 10.9 Å². The second kappa shape index (κ2) is 5.30. The SMILES string of the molecule is Cc1nn(C)c(C)c1C(C)NCCc1ncno1. The lowest BCUT2D eigenvalue weighted by molar-refractivity contribution is 0.372. The number of aromatic nitrogens is 4. The Morgan fingerprint density at radius 2 is 2.22 bits per heavy atom. The third kappa shape index (κ3) is 2.59. The molecule has 2 heterocycles. The van der Waals surface area contributed by atoms with Gasteiger partial charge in [-0.2, -0.15) is 10.1 Å². The minimum absolute atomic E-state index is 0.265. The molecule has 0 spiro atoms. The molecule has 6 nitrogen and oxygen atoms in total. The number of hydrogen-bond acceptors (Lipinski definition) is 5. The number of nitrogens with one attached hydrogen (secondary N) is 1. The van der Waals surface area contributed by atoms with Gasteiger partial charge < -0.3 is 9.84 Å². The van der Waals surface area contributed by atoms with E-state index >= 15 is 0 Å². The van der Waals surface area contributed by atoms with Crippen molar-refractivity contribution in [2.45, 2.75) is 33.2 Å². The van der Waals surface area contributed by atoms with Gasteiger partial charge in [0.1, 0.15) is 0 Å². The number of nitrogens with zero attached hydrogens (tertiary/aromatic N) is 4. The lowest BCUT2D eigenvalue weighted by Gasteiger charge is -2.13. The maximum atomic E-state index is 4.96. The molecule has 1 N–H and O–H groups in total. The molecule has 0 aliphatic carbocycles. The highest BCUT2D eigenvalue weighted by molar-refractivity contribution is 5.27. The smallest absolute Gasteiger partial charge is 0.227 e. The molecular weight excluding hydrogens is 230 g/mol. The monoisotopic (exact) mass is 249 g/mol. The van der Waals surface area contributed by atoms with Gasteiger partial charge in [-0.1, -0.05) is 5.16 Å². The molecule has 1 unspecified atom stereocenters. The summed E-state index contributed by atoms with van der Waals surface area (Å²) in [5.74, 6) is 0.661. The number of hydrogen-bond donors (Lipinski definition) is 1. The van der Waals surface area contributed by atoms with E-state index in [9.17, 15) is 0 Å². The lowest BCUT2D eigenvalue weighted by atomic mass is 10.1. The van der Waals surface area contributed by atoms with Crippen molar-refractivity contribution in [2.24, 2.45) is 7.05 Å². The molecule has 0 aliphatic rings. The van der Waals surface area contributed by atoms with E-state index in [1.54, 1.807) is 0 Å². The first kappa shape index (κ1) is 12.8. The van der Waals surface area contributed by atoms with Gasteiger partial charge in [-0.05, 0) is 20.8 Å². The van der Waals surface area contributed by atoms with Gasteiger partial charge in [0.15, 0.2) is 6.33 Å². The van der Waals surface area contributed by atoms with E-state index in [0.717, 1.165) is 18.7 Å². The zero-order chi connectivity index (χ0) is 13.1. The molecule has 0 saturated heterocycles. The molecule has 2 rings (SSSR count). The molecule has 0 aliphatic heterocycles. The Morgan fingerprint density at radius 1 is 1.44 bits per heavy atom. The van der Waals surface area contributed by atoms with Crippen LogP contribution in [0.2, 0.25) is 0 Å². The minimum Gasteiger partial charge on any atom is -0.340 e. The predicted molar refractivity (Wildman–Crippen MR) is 67.1 cm³/mol. The average molecular weight is 249 g/mol. The highest BCUT2D eigenvalue weighted by atomic mass is 16.5. The largest absolute Gasteiger partial charge is 0.340 e. The van der Waals surface area contributed by atoms with Crippen molar-refractivity contribution >= 4 is 0 Å². The zero-order valence-electron chi connectivity index (χ0n) is 11.3. The van der Waals surface area contributed by atoms with E-state index in [-0.39, 0.29) is 6.04 Å². The molecule has 18 heavy (non-hydrogen) atoms. The summed E-state index contributed by atoms with van der Waals surface area (Å²) in [7, 11) is 1.97. The Kier molecular flexibility index (Phi) is 3.76. The number of rotatable bonds is 5. The molecule has 0 amide bonds. The van der Waals surface area contributed by atoms with Crippen LogP contribution < -0.4 is 5.32 Å². The maximum absolute atomic E-state index is 4.96. The van der Waals surface area contributed by atoms with Gasteiger partial charge in [0.05, 0.1) is 5.69 Å². The summed E-state index contributed by atoms with van der Waals surface area (Å²) in [4.78, 5) is 3.99.